The highest BCUT2D eigenvalue weighted by Crippen LogP contribution is 1.98. The number of rotatable bonds is 5. The number of hydrogen-bond acceptors (Lipinski definition) is 3. The van der Waals surface area contributed by atoms with Gasteiger partial charge < -0.3 is 5.32 Å². The van der Waals surface area contributed by atoms with Gasteiger partial charge in [-0.05, 0) is 25.8 Å². The standard InChI is InChI=1S/C12H21N3O/c1-9(2)11(4)13-7-8-15-12(16)6-5-10(3)14-15/h5-6,9,11,13H,7-8H2,1-4H3. The molecule has 0 saturated carbocycles. The Labute approximate surface area is 96.7 Å². The van der Waals surface area contributed by atoms with Gasteiger partial charge in [0.2, 0.25) is 0 Å². The lowest BCUT2D eigenvalue weighted by molar-refractivity contribution is 0.406. The fourth-order valence-corrected chi connectivity index (χ4v) is 1.34. The quantitative estimate of drug-likeness (QED) is 0.815. The molecule has 1 rings (SSSR count). The van der Waals surface area contributed by atoms with E-state index in [2.05, 4.69) is 31.2 Å². The lowest BCUT2D eigenvalue weighted by Crippen LogP contribution is -2.35. The van der Waals surface area contributed by atoms with Crippen LogP contribution in [0.15, 0.2) is 16.9 Å². The second-order valence-electron chi connectivity index (χ2n) is 4.52. The van der Waals surface area contributed by atoms with Crippen molar-refractivity contribution in [1.29, 1.82) is 0 Å². The molecule has 0 aliphatic rings. The van der Waals surface area contributed by atoms with Gasteiger partial charge in [0.25, 0.3) is 5.56 Å². The van der Waals surface area contributed by atoms with Crippen molar-refractivity contribution in [3.05, 3.63) is 28.2 Å². The van der Waals surface area contributed by atoms with E-state index in [1.54, 1.807) is 12.1 Å². The van der Waals surface area contributed by atoms with Crippen LogP contribution in [0, 0.1) is 12.8 Å². The van der Waals surface area contributed by atoms with E-state index in [1.165, 1.54) is 4.68 Å². The van der Waals surface area contributed by atoms with E-state index in [0.717, 1.165) is 12.2 Å². The normalized spacial score (nSPS) is 13.1. The van der Waals surface area contributed by atoms with Gasteiger partial charge in [0, 0.05) is 18.7 Å². The second-order valence-corrected chi connectivity index (χ2v) is 4.52. The Morgan fingerprint density at radius 1 is 1.38 bits per heavy atom. The molecule has 0 aliphatic heterocycles. The predicted octanol–water partition coefficient (Wildman–Crippen LogP) is 1.19. The molecule has 90 valence electrons. The Kier molecular flexibility index (Phi) is 4.68. The first-order chi connectivity index (χ1) is 7.50. The third kappa shape index (κ3) is 3.77. The van der Waals surface area contributed by atoms with Gasteiger partial charge in [-0.3, -0.25) is 4.79 Å². The average Bonchev–Trinajstić information content (AvgIpc) is 2.22. The Morgan fingerprint density at radius 2 is 2.06 bits per heavy atom. The summed E-state index contributed by atoms with van der Waals surface area (Å²) in [5, 5.41) is 7.56. The van der Waals surface area contributed by atoms with Crippen LogP contribution >= 0.6 is 0 Å². The number of aryl methyl sites for hydroxylation is 1. The molecule has 4 heteroatoms. The summed E-state index contributed by atoms with van der Waals surface area (Å²) in [6.07, 6.45) is 0. The van der Waals surface area contributed by atoms with Crippen LogP contribution in [0.1, 0.15) is 26.5 Å². The molecule has 1 atom stereocenters. The number of nitrogens with one attached hydrogen (secondary N) is 1. The van der Waals surface area contributed by atoms with Crippen LogP contribution < -0.4 is 10.9 Å². The third-order valence-electron chi connectivity index (χ3n) is 2.79. The Morgan fingerprint density at radius 3 is 2.69 bits per heavy atom. The third-order valence-corrected chi connectivity index (χ3v) is 2.79. The molecule has 0 bridgehead atoms. The summed E-state index contributed by atoms with van der Waals surface area (Å²) in [5.41, 5.74) is 0.834. The summed E-state index contributed by atoms with van der Waals surface area (Å²) < 4.78 is 1.51. The molecular formula is C12H21N3O. The van der Waals surface area contributed by atoms with Gasteiger partial charge in [-0.1, -0.05) is 13.8 Å². The van der Waals surface area contributed by atoms with Crippen molar-refractivity contribution in [2.24, 2.45) is 5.92 Å². The molecule has 0 amide bonds. The van der Waals surface area contributed by atoms with Crippen LogP contribution in [0.2, 0.25) is 0 Å². The van der Waals surface area contributed by atoms with Crippen molar-refractivity contribution >= 4 is 0 Å². The van der Waals surface area contributed by atoms with Crippen molar-refractivity contribution in [1.82, 2.24) is 15.1 Å². The van der Waals surface area contributed by atoms with E-state index in [9.17, 15) is 4.79 Å². The van der Waals surface area contributed by atoms with Crippen LogP contribution in [0.25, 0.3) is 0 Å². The molecule has 1 heterocycles. The molecule has 0 aliphatic carbocycles. The lowest BCUT2D eigenvalue weighted by atomic mass is 10.1. The number of hydrogen-bond donors (Lipinski definition) is 1. The molecule has 4 nitrogen and oxygen atoms in total. The zero-order chi connectivity index (χ0) is 12.1. The molecule has 0 fully saturated rings. The van der Waals surface area contributed by atoms with Crippen molar-refractivity contribution in [2.75, 3.05) is 6.54 Å². The topological polar surface area (TPSA) is 46.9 Å². The van der Waals surface area contributed by atoms with Crippen LogP contribution in [0.5, 0.6) is 0 Å². The molecule has 0 saturated heterocycles. The van der Waals surface area contributed by atoms with E-state index in [-0.39, 0.29) is 5.56 Å². The summed E-state index contributed by atoms with van der Waals surface area (Å²) >= 11 is 0. The van der Waals surface area contributed by atoms with Crippen LogP contribution in [0.3, 0.4) is 0 Å². The van der Waals surface area contributed by atoms with E-state index in [0.29, 0.717) is 18.5 Å². The SMILES string of the molecule is Cc1ccc(=O)n(CCNC(C)C(C)C)n1. The molecule has 1 unspecified atom stereocenters. The Balaban J connectivity index is 2.49. The maximum Gasteiger partial charge on any atom is 0.266 e. The highest BCUT2D eigenvalue weighted by molar-refractivity contribution is 4.97. The summed E-state index contributed by atoms with van der Waals surface area (Å²) in [6, 6.07) is 3.76. The van der Waals surface area contributed by atoms with E-state index >= 15 is 0 Å². The molecule has 1 aromatic rings. The average molecular weight is 223 g/mol. The van der Waals surface area contributed by atoms with Crippen molar-refractivity contribution in [2.45, 2.75) is 40.3 Å². The van der Waals surface area contributed by atoms with E-state index < -0.39 is 0 Å². The van der Waals surface area contributed by atoms with Gasteiger partial charge in [0.05, 0.1) is 12.2 Å². The van der Waals surface area contributed by atoms with Gasteiger partial charge in [-0.25, -0.2) is 4.68 Å². The van der Waals surface area contributed by atoms with Gasteiger partial charge in [-0.15, -0.1) is 0 Å². The van der Waals surface area contributed by atoms with Crippen molar-refractivity contribution < 1.29 is 0 Å². The predicted molar refractivity (Wildman–Crippen MR) is 65.5 cm³/mol. The number of aromatic nitrogens is 2. The molecule has 0 radical (unpaired) electrons. The zero-order valence-corrected chi connectivity index (χ0v) is 10.5. The highest BCUT2D eigenvalue weighted by atomic mass is 16.1. The largest absolute Gasteiger partial charge is 0.312 e. The summed E-state index contributed by atoms with van der Waals surface area (Å²) in [6.45, 7) is 9.79. The maximum absolute atomic E-state index is 11.5. The van der Waals surface area contributed by atoms with Gasteiger partial charge in [0.15, 0.2) is 0 Å². The molecule has 1 N–H and O–H groups in total. The molecule has 1 aromatic heterocycles. The van der Waals surface area contributed by atoms with Crippen LogP contribution in [-0.4, -0.2) is 22.4 Å². The van der Waals surface area contributed by atoms with Gasteiger partial charge in [0.1, 0.15) is 0 Å². The number of nitrogens with zero attached hydrogens (tertiary/aromatic N) is 2. The van der Waals surface area contributed by atoms with Crippen LogP contribution in [-0.2, 0) is 6.54 Å². The first-order valence-electron chi connectivity index (χ1n) is 5.79. The van der Waals surface area contributed by atoms with Crippen molar-refractivity contribution in [3.8, 4) is 0 Å². The minimum atomic E-state index is -0.0374. The smallest absolute Gasteiger partial charge is 0.266 e. The summed E-state index contributed by atoms with van der Waals surface area (Å²) in [4.78, 5) is 11.5. The minimum absolute atomic E-state index is 0.0374. The Hall–Kier alpha value is -1.16. The maximum atomic E-state index is 11.5. The first-order valence-corrected chi connectivity index (χ1v) is 5.79. The fourth-order valence-electron chi connectivity index (χ4n) is 1.34. The molecule has 0 aromatic carbocycles. The second kappa shape index (κ2) is 5.80. The molecular weight excluding hydrogens is 202 g/mol. The fraction of sp³-hybridized carbons (Fsp3) is 0.667. The van der Waals surface area contributed by atoms with E-state index in [1.807, 2.05) is 6.92 Å². The zero-order valence-electron chi connectivity index (χ0n) is 10.5. The highest BCUT2D eigenvalue weighted by Gasteiger charge is 2.05. The van der Waals surface area contributed by atoms with Crippen LogP contribution in [0.4, 0.5) is 0 Å². The van der Waals surface area contributed by atoms with Gasteiger partial charge in [-0.2, -0.15) is 5.10 Å². The van der Waals surface area contributed by atoms with Gasteiger partial charge >= 0.3 is 0 Å². The molecule has 0 spiro atoms. The lowest BCUT2D eigenvalue weighted by Gasteiger charge is -2.17. The van der Waals surface area contributed by atoms with E-state index in [4.69, 9.17) is 0 Å². The summed E-state index contributed by atoms with van der Waals surface area (Å²) in [7, 11) is 0. The minimum Gasteiger partial charge on any atom is -0.312 e. The molecule has 16 heavy (non-hydrogen) atoms. The summed E-state index contributed by atoms with van der Waals surface area (Å²) in [5.74, 6) is 0.599. The first kappa shape index (κ1) is 12.9. The van der Waals surface area contributed by atoms with Crippen molar-refractivity contribution in [3.63, 3.8) is 0 Å². The Bertz CT molecular complexity index is 384. The monoisotopic (exact) mass is 223 g/mol.